The molecule has 6 heteroatoms. The number of benzene rings is 1. The van der Waals surface area contributed by atoms with Crippen molar-refractivity contribution < 1.29 is 14.0 Å². The van der Waals surface area contributed by atoms with Crippen LogP contribution in [0.4, 0.5) is 4.39 Å². The maximum absolute atomic E-state index is 15.6. The van der Waals surface area contributed by atoms with Crippen LogP contribution in [0.25, 0.3) is 0 Å². The van der Waals surface area contributed by atoms with Gasteiger partial charge >= 0.3 is 0 Å². The zero-order valence-electron chi connectivity index (χ0n) is 13.6. The Morgan fingerprint density at radius 1 is 1.32 bits per heavy atom. The number of aryl methyl sites for hydroxylation is 2. The number of hydrogen-bond acceptors (Lipinski definition) is 3. The highest BCUT2D eigenvalue weighted by Crippen LogP contribution is 2.40. The maximum atomic E-state index is 15.6. The zero-order valence-corrected chi connectivity index (χ0v) is 15.1. The molecule has 1 atom stereocenters. The lowest BCUT2D eigenvalue weighted by Crippen LogP contribution is -2.37. The molecule has 3 rings (SSSR count). The number of Topliss-reactive ketones (excluding diaryl/α,β-unsaturated/α-hetero) is 2. The van der Waals surface area contributed by atoms with Crippen LogP contribution in [0.2, 0.25) is 10.0 Å². The summed E-state index contributed by atoms with van der Waals surface area (Å²) in [7, 11) is 0. The molecule has 0 radical (unpaired) electrons. The van der Waals surface area contributed by atoms with Crippen molar-refractivity contribution in [3.63, 3.8) is 0 Å². The van der Waals surface area contributed by atoms with Gasteiger partial charge in [0.05, 0.1) is 0 Å². The van der Waals surface area contributed by atoms with Gasteiger partial charge in [-0.2, -0.15) is 0 Å². The van der Waals surface area contributed by atoms with E-state index in [2.05, 4.69) is 4.98 Å². The normalized spacial score (nSPS) is 19.6. The molecule has 1 aromatic carbocycles. The Balaban J connectivity index is 1.85. The Labute approximate surface area is 155 Å². The van der Waals surface area contributed by atoms with E-state index < -0.39 is 11.5 Å². The first kappa shape index (κ1) is 18.0. The molecule has 2 aromatic rings. The van der Waals surface area contributed by atoms with Gasteiger partial charge in [-0.05, 0) is 42.7 Å². The monoisotopic (exact) mass is 379 g/mol. The number of aromatic nitrogens is 1. The van der Waals surface area contributed by atoms with Crippen LogP contribution < -0.4 is 0 Å². The van der Waals surface area contributed by atoms with Gasteiger partial charge in [0.1, 0.15) is 5.69 Å². The summed E-state index contributed by atoms with van der Waals surface area (Å²) in [6, 6.07) is 6.55. The highest BCUT2D eigenvalue weighted by molar-refractivity contribution is 6.35. The van der Waals surface area contributed by atoms with Crippen LogP contribution >= 0.6 is 23.2 Å². The number of carbonyl (C=O) groups excluding carboxylic acids is 2. The third-order valence-electron chi connectivity index (χ3n) is 4.49. The second-order valence-electron chi connectivity index (χ2n) is 6.29. The van der Waals surface area contributed by atoms with Crippen LogP contribution in [0.15, 0.2) is 30.5 Å². The smallest absolute Gasteiger partial charge is 0.196 e. The second kappa shape index (κ2) is 6.85. The quantitative estimate of drug-likeness (QED) is 0.747. The van der Waals surface area contributed by atoms with Gasteiger partial charge in [0.15, 0.2) is 17.2 Å². The SMILES string of the molecule is Cc1cnc2c(c1)[C@](F)(C(=O)CCc1ccc(Cl)cc1Cl)CCC2=O. The minimum atomic E-state index is -2.18. The molecule has 1 aliphatic carbocycles. The molecule has 0 unspecified atom stereocenters. The molecule has 0 bridgehead atoms. The van der Waals surface area contributed by atoms with E-state index in [1.807, 2.05) is 0 Å². The molecule has 0 saturated heterocycles. The summed E-state index contributed by atoms with van der Waals surface area (Å²) in [5.41, 5.74) is -0.573. The first-order valence-electron chi connectivity index (χ1n) is 7.98. The van der Waals surface area contributed by atoms with Crippen molar-refractivity contribution in [2.75, 3.05) is 0 Å². The number of fused-ring (bicyclic) bond motifs is 1. The molecule has 0 saturated carbocycles. The van der Waals surface area contributed by atoms with Crippen molar-refractivity contribution in [3.8, 4) is 0 Å². The first-order valence-corrected chi connectivity index (χ1v) is 8.73. The molecule has 25 heavy (non-hydrogen) atoms. The van der Waals surface area contributed by atoms with Crippen LogP contribution in [0.1, 0.15) is 46.4 Å². The second-order valence-corrected chi connectivity index (χ2v) is 7.14. The molecule has 0 spiro atoms. The molecule has 0 aliphatic heterocycles. The minimum absolute atomic E-state index is 0.0145. The Kier molecular flexibility index (Phi) is 4.94. The van der Waals surface area contributed by atoms with Gasteiger partial charge in [-0.3, -0.25) is 14.6 Å². The Bertz CT molecular complexity index is 868. The number of nitrogens with zero attached hydrogens (tertiary/aromatic N) is 1. The van der Waals surface area contributed by atoms with Crippen molar-refractivity contribution in [2.24, 2.45) is 0 Å². The fraction of sp³-hybridized carbons (Fsp3) is 0.316. The largest absolute Gasteiger partial charge is 0.296 e. The summed E-state index contributed by atoms with van der Waals surface area (Å²) in [6.45, 7) is 1.75. The van der Waals surface area contributed by atoms with Crippen molar-refractivity contribution in [1.29, 1.82) is 0 Å². The molecule has 1 heterocycles. The van der Waals surface area contributed by atoms with Gasteiger partial charge in [0.25, 0.3) is 0 Å². The van der Waals surface area contributed by atoms with Crippen LogP contribution in [-0.4, -0.2) is 16.6 Å². The van der Waals surface area contributed by atoms with E-state index >= 15 is 4.39 Å². The summed E-state index contributed by atoms with van der Waals surface area (Å²) < 4.78 is 15.6. The van der Waals surface area contributed by atoms with Crippen LogP contribution in [-0.2, 0) is 16.9 Å². The van der Waals surface area contributed by atoms with E-state index in [0.29, 0.717) is 22.0 Å². The number of halogens is 3. The first-order chi connectivity index (χ1) is 11.8. The van der Waals surface area contributed by atoms with Crippen molar-refractivity contribution in [3.05, 3.63) is 62.9 Å². The summed E-state index contributed by atoms with van der Waals surface area (Å²) in [5.74, 6) is -0.781. The van der Waals surface area contributed by atoms with Gasteiger partial charge in [0.2, 0.25) is 0 Å². The third kappa shape index (κ3) is 3.46. The minimum Gasteiger partial charge on any atom is -0.296 e. The van der Waals surface area contributed by atoms with Crippen molar-refractivity contribution >= 4 is 34.8 Å². The highest BCUT2D eigenvalue weighted by atomic mass is 35.5. The molecule has 1 aromatic heterocycles. The Hall–Kier alpha value is -1.78. The topological polar surface area (TPSA) is 47.0 Å². The molecule has 0 N–H and O–H groups in total. The van der Waals surface area contributed by atoms with E-state index in [1.54, 1.807) is 31.2 Å². The molecular weight excluding hydrogens is 364 g/mol. The fourth-order valence-electron chi connectivity index (χ4n) is 3.09. The average Bonchev–Trinajstić information content (AvgIpc) is 2.57. The standard InChI is InChI=1S/C19H16Cl2FNO2/c1-11-8-14-18(23-10-11)16(24)6-7-19(14,22)17(25)5-3-12-2-4-13(20)9-15(12)21/h2,4,8-10H,3,5-7H2,1H3/t19-/m0/s1. The van der Waals surface area contributed by atoms with Gasteiger partial charge in [-0.1, -0.05) is 29.3 Å². The van der Waals surface area contributed by atoms with E-state index in [4.69, 9.17) is 23.2 Å². The third-order valence-corrected chi connectivity index (χ3v) is 5.08. The number of ketones is 2. The maximum Gasteiger partial charge on any atom is 0.196 e. The number of pyridine rings is 1. The fourth-order valence-corrected chi connectivity index (χ4v) is 3.60. The van der Waals surface area contributed by atoms with Crippen molar-refractivity contribution in [2.45, 2.75) is 38.3 Å². The highest BCUT2D eigenvalue weighted by Gasteiger charge is 2.46. The molecule has 0 fully saturated rings. The van der Waals surface area contributed by atoms with Crippen LogP contribution in [0.5, 0.6) is 0 Å². The number of hydrogen-bond donors (Lipinski definition) is 0. The number of carbonyl (C=O) groups is 2. The molecule has 0 amide bonds. The summed E-state index contributed by atoms with van der Waals surface area (Å²) in [4.78, 5) is 28.7. The lowest BCUT2D eigenvalue weighted by molar-refractivity contribution is -0.131. The molecular formula is C19H16Cl2FNO2. The van der Waals surface area contributed by atoms with E-state index in [-0.39, 0.29) is 36.3 Å². The van der Waals surface area contributed by atoms with Gasteiger partial charge in [-0.15, -0.1) is 0 Å². The molecule has 1 aliphatic rings. The van der Waals surface area contributed by atoms with Crippen molar-refractivity contribution in [1.82, 2.24) is 4.98 Å². The van der Waals surface area contributed by atoms with Gasteiger partial charge in [0, 0.05) is 41.1 Å². The average molecular weight is 380 g/mol. The van der Waals surface area contributed by atoms with E-state index in [9.17, 15) is 9.59 Å². The predicted octanol–water partition coefficient (Wildman–Crippen LogP) is 5.04. The Morgan fingerprint density at radius 2 is 2.08 bits per heavy atom. The van der Waals surface area contributed by atoms with E-state index in [0.717, 1.165) is 5.56 Å². The molecule has 130 valence electrons. The van der Waals surface area contributed by atoms with Gasteiger partial charge in [-0.25, -0.2) is 4.39 Å². The summed E-state index contributed by atoms with van der Waals surface area (Å²) in [5, 5.41) is 0.952. The lowest BCUT2D eigenvalue weighted by atomic mass is 9.78. The van der Waals surface area contributed by atoms with Gasteiger partial charge < -0.3 is 0 Å². The lowest BCUT2D eigenvalue weighted by Gasteiger charge is -2.29. The van der Waals surface area contributed by atoms with Crippen LogP contribution in [0.3, 0.4) is 0 Å². The predicted molar refractivity (Wildman–Crippen MR) is 95.1 cm³/mol. The summed E-state index contributed by atoms with van der Waals surface area (Å²) >= 11 is 12.0. The number of rotatable bonds is 4. The summed E-state index contributed by atoms with van der Waals surface area (Å²) in [6.07, 6.45) is 1.65. The number of alkyl halides is 1. The zero-order chi connectivity index (χ0) is 18.2. The van der Waals surface area contributed by atoms with Crippen LogP contribution in [0, 0.1) is 6.92 Å². The van der Waals surface area contributed by atoms with E-state index in [1.165, 1.54) is 6.20 Å². The molecule has 3 nitrogen and oxygen atoms in total. The Morgan fingerprint density at radius 3 is 2.80 bits per heavy atom.